The van der Waals surface area contributed by atoms with Crippen LogP contribution in [0.4, 0.5) is 0 Å². The summed E-state index contributed by atoms with van der Waals surface area (Å²) >= 11 is 0. The van der Waals surface area contributed by atoms with Crippen molar-refractivity contribution in [2.24, 2.45) is 0 Å². The summed E-state index contributed by atoms with van der Waals surface area (Å²) in [5.41, 5.74) is 4.21. The smallest absolute Gasteiger partial charge is 0.162 e. The van der Waals surface area contributed by atoms with Crippen molar-refractivity contribution in [1.29, 1.82) is 0 Å². The molecule has 0 saturated heterocycles. The predicted octanol–water partition coefficient (Wildman–Crippen LogP) is 4.20. The first-order valence-corrected chi connectivity index (χ1v) is 9.52. The molecule has 140 valence electrons. The number of fused-ring (bicyclic) bond motifs is 1. The third kappa shape index (κ3) is 3.83. The average Bonchev–Trinajstić information content (AvgIpc) is 3.16. The predicted molar refractivity (Wildman–Crippen MR) is 107 cm³/mol. The van der Waals surface area contributed by atoms with Crippen LogP contribution < -0.4 is 14.8 Å². The molecule has 1 aliphatic heterocycles. The number of benzene rings is 2. The molecule has 5 heteroatoms. The van der Waals surface area contributed by atoms with E-state index in [0.29, 0.717) is 19.3 Å². The highest BCUT2D eigenvalue weighted by molar-refractivity contribution is 5.67. The van der Waals surface area contributed by atoms with E-state index in [1.165, 1.54) is 0 Å². The Morgan fingerprint density at radius 1 is 1.07 bits per heavy atom. The lowest BCUT2D eigenvalue weighted by Gasteiger charge is -2.18. The van der Waals surface area contributed by atoms with Gasteiger partial charge in [0.15, 0.2) is 11.5 Å². The molecule has 1 N–H and O–H groups in total. The number of hydrogen-bond acceptors (Lipinski definition) is 4. The minimum atomic E-state index is 0.457. The van der Waals surface area contributed by atoms with Crippen molar-refractivity contribution in [2.45, 2.75) is 32.9 Å². The fourth-order valence-corrected chi connectivity index (χ4v) is 3.11. The fourth-order valence-electron chi connectivity index (χ4n) is 3.11. The van der Waals surface area contributed by atoms with Gasteiger partial charge in [0, 0.05) is 29.9 Å². The normalized spacial score (nSPS) is 14.1. The maximum atomic E-state index is 5.76. The topological polar surface area (TPSA) is 48.3 Å². The summed E-state index contributed by atoms with van der Waals surface area (Å²) < 4.78 is 13.4. The molecule has 0 aliphatic carbocycles. The highest BCUT2D eigenvalue weighted by Gasteiger charge is 2.17. The van der Waals surface area contributed by atoms with Crippen molar-refractivity contribution in [3.8, 4) is 28.4 Å². The van der Waals surface area contributed by atoms with E-state index in [1.54, 1.807) is 0 Å². The minimum absolute atomic E-state index is 0.457. The van der Waals surface area contributed by atoms with Crippen molar-refractivity contribution in [2.75, 3.05) is 13.2 Å². The highest BCUT2D eigenvalue weighted by Crippen LogP contribution is 2.35. The van der Waals surface area contributed by atoms with Crippen molar-refractivity contribution >= 4 is 0 Å². The molecule has 0 radical (unpaired) electrons. The molecule has 5 nitrogen and oxygen atoms in total. The molecule has 2 heterocycles. The molecule has 1 aliphatic rings. The molecule has 27 heavy (non-hydrogen) atoms. The van der Waals surface area contributed by atoms with Gasteiger partial charge in [0.1, 0.15) is 13.2 Å². The average molecular weight is 363 g/mol. The molecule has 0 bridgehead atoms. The molecule has 0 spiro atoms. The Balaban J connectivity index is 1.72. The van der Waals surface area contributed by atoms with E-state index in [1.807, 2.05) is 35.0 Å². The lowest BCUT2D eigenvalue weighted by Crippen LogP contribution is -2.24. The van der Waals surface area contributed by atoms with Crippen LogP contribution >= 0.6 is 0 Å². The van der Waals surface area contributed by atoms with Crippen LogP contribution in [0.15, 0.2) is 54.7 Å². The zero-order valence-corrected chi connectivity index (χ0v) is 15.8. The second-order valence-electron chi connectivity index (χ2n) is 6.83. The number of ether oxygens (including phenoxy) is 2. The summed E-state index contributed by atoms with van der Waals surface area (Å²) in [6.45, 7) is 6.33. The summed E-state index contributed by atoms with van der Waals surface area (Å²) in [7, 11) is 0. The number of nitrogens with one attached hydrogen (secondary N) is 1. The number of hydrogen-bond donors (Lipinski definition) is 1. The van der Waals surface area contributed by atoms with Crippen molar-refractivity contribution in [3.05, 3.63) is 60.3 Å². The van der Waals surface area contributed by atoms with Crippen LogP contribution in [0.5, 0.6) is 11.5 Å². The molecule has 1 aromatic heterocycles. The molecule has 2 aromatic carbocycles. The van der Waals surface area contributed by atoms with E-state index in [0.717, 1.165) is 47.0 Å². The first kappa shape index (κ1) is 17.6. The number of rotatable bonds is 6. The summed E-state index contributed by atoms with van der Waals surface area (Å²) in [6, 6.07) is 16.7. The summed E-state index contributed by atoms with van der Waals surface area (Å²) in [4.78, 5) is 0. The first-order valence-electron chi connectivity index (χ1n) is 9.52. The van der Waals surface area contributed by atoms with Crippen LogP contribution in [0, 0.1) is 0 Å². The van der Waals surface area contributed by atoms with Crippen LogP contribution in [0.3, 0.4) is 0 Å². The van der Waals surface area contributed by atoms with E-state index in [-0.39, 0.29) is 0 Å². The Kier molecular flexibility index (Phi) is 5.12. The van der Waals surface area contributed by atoms with Crippen LogP contribution in [0.1, 0.15) is 25.8 Å². The van der Waals surface area contributed by atoms with E-state index < -0.39 is 0 Å². The second-order valence-corrected chi connectivity index (χ2v) is 6.83. The fraction of sp³-hybridized carbons (Fsp3) is 0.318. The molecule has 0 saturated carbocycles. The van der Waals surface area contributed by atoms with Gasteiger partial charge in [-0.3, -0.25) is 0 Å². The lowest BCUT2D eigenvalue weighted by atomic mass is 10.1. The van der Waals surface area contributed by atoms with E-state index >= 15 is 0 Å². The molecule has 0 amide bonds. The van der Waals surface area contributed by atoms with Crippen molar-refractivity contribution < 1.29 is 9.47 Å². The quantitative estimate of drug-likeness (QED) is 0.713. The van der Waals surface area contributed by atoms with Gasteiger partial charge in [-0.15, -0.1) is 0 Å². The first-order chi connectivity index (χ1) is 13.2. The Hall–Kier alpha value is -2.79. The van der Waals surface area contributed by atoms with E-state index in [4.69, 9.17) is 14.6 Å². The molecular formula is C22H25N3O2. The van der Waals surface area contributed by atoms with Gasteiger partial charge >= 0.3 is 0 Å². The lowest BCUT2D eigenvalue weighted by molar-refractivity contribution is 0.171. The number of nitrogens with zero attached hydrogens (tertiary/aromatic N) is 2. The third-order valence-electron chi connectivity index (χ3n) is 4.88. The van der Waals surface area contributed by atoms with Gasteiger partial charge in [-0.2, -0.15) is 5.10 Å². The third-order valence-corrected chi connectivity index (χ3v) is 4.88. The maximum absolute atomic E-state index is 5.76. The number of aromatic nitrogens is 2. The molecule has 0 unspecified atom stereocenters. The monoisotopic (exact) mass is 363 g/mol. The Labute approximate surface area is 159 Å². The summed E-state index contributed by atoms with van der Waals surface area (Å²) in [5, 5.41) is 8.46. The van der Waals surface area contributed by atoms with Crippen LogP contribution in [-0.2, 0) is 6.54 Å². The Bertz CT molecular complexity index is 905. The maximum Gasteiger partial charge on any atom is 0.162 e. The molecule has 0 fully saturated rings. The van der Waals surface area contributed by atoms with Crippen molar-refractivity contribution in [3.63, 3.8) is 0 Å². The van der Waals surface area contributed by atoms with Crippen LogP contribution in [-0.4, -0.2) is 29.0 Å². The van der Waals surface area contributed by atoms with Crippen LogP contribution in [0.2, 0.25) is 0 Å². The number of para-hydroxylation sites is 1. The Morgan fingerprint density at radius 3 is 2.63 bits per heavy atom. The highest BCUT2D eigenvalue weighted by atomic mass is 16.6. The van der Waals surface area contributed by atoms with Gasteiger partial charge in [0.05, 0.1) is 11.4 Å². The van der Waals surface area contributed by atoms with Gasteiger partial charge in [-0.1, -0.05) is 25.1 Å². The molecular weight excluding hydrogens is 338 g/mol. The van der Waals surface area contributed by atoms with Gasteiger partial charge in [-0.05, 0) is 43.7 Å². The minimum Gasteiger partial charge on any atom is -0.486 e. The summed E-state index contributed by atoms with van der Waals surface area (Å²) in [6.07, 6.45) is 3.20. The van der Waals surface area contributed by atoms with Gasteiger partial charge in [0.2, 0.25) is 0 Å². The van der Waals surface area contributed by atoms with E-state index in [2.05, 4.69) is 43.6 Å². The second kappa shape index (κ2) is 7.84. The summed E-state index contributed by atoms with van der Waals surface area (Å²) in [5.74, 6) is 1.58. The molecule has 3 aromatic rings. The zero-order valence-electron chi connectivity index (χ0n) is 15.8. The van der Waals surface area contributed by atoms with E-state index in [9.17, 15) is 0 Å². The largest absolute Gasteiger partial charge is 0.486 e. The molecule has 1 atom stereocenters. The Morgan fingerprint density at radius 2 is 1.85 bits per heavy atom. The SMILES string of the molecule is CC[C@@H](C)NCc1cn(-c2ccccc2)nc1-c1ccc2c(c1)OCCO2. The van der Waals surface area contributed by atoms with Crippen molar-refractivity contribution in [1.82, 2.24) is 15.1 Å². The standard InChI is InChI=1S/C22H25N3O2/c1-3-16(2)23-14-18-15-25(19-7-5-4-6-8-19)24-22(18)17-9-10-20-21(13-17)27-12-11-26-20/h4-10,13,15-16,23H,3,11-12,14H2,1-2H3/t16-/m1/s1. The zero-order chi connectivity index (χ0) is 18.6. The van der Waals surface area contributed by atoms with Crippen LogP contribution in [0.25, 0.3) is 16.9 Å². The van der Waals surface area contributed by atoms with Gasteiger partial charge < -0.3 is 14.8 Å². The van der Waals surface area contributed by atoms with Gasteiger partial charge in [-0.25, -0.2) is 4.68 Å². The molecule has 4 rings (SSSR count). The van der Waals surface area contributed by atoms with Gasteiger partial charge in [0.25, 0.3) is 0 Å².